The van der Waals surface area contributed by atoms with Crippen LogP contribution in [0.2, 0.25) is 0 Å². The third-order valence-electron chi connectivity index (χ3n) is 2.88. The summed E-state index contributed by atoms with van der Waals surface area (Å²) in [5.74, 6) is -0.455. The highest BCUT2D eigenvalue weighted by Gasteiger charge is 2.15. The van der Waals surface area contributed by atoms with Crippen molar-refractivity contribution in [3.05, 3.63) is 54.1 Å². The molecule has 4 nitrogen and oxygen atoms in total. The van der Waals surface area contributed by atoms with Crippen LogP contribution >= 0.6 is 0 Å². The summed E-state index contributed by atoms with van der Waals surface area (Å²) in [6.45, 7) is 0. The first-order chi connectivity index (χ1) is 9.43. The fraction of sp³-hybridized carbons (Fsp3) is 0.133. The molecule has 0 amide bonds. The van der Waals surface area contributed by atoms with Gasteiger partial charge in [-0.3, -0.25) is 0 Å². The van der Waals surface area contributed by atoms with Gasteiger partial charge < -0.3 is 4.74 Å². The molecular weight excluding hydrogens is 276 g/mol. The van der Waals surface area contributed by atoms with Crippen LogP contribution < -0.4 is 0 Å². The minimum atomic E-state index is -3.34. The van der Waals surface area contributed by atoms with E-state index in [2.05, 4.69) is 4.74 Å². The quantitative estimate of drug-likeness (QED) is 0.815. The molecule has 0 bridgehead atoms. The molecule has 0 fully saturated rings. The van der Waals surface area contributed by atoms with Crippen molar-refractivity contribution in [2.45, 2.75) is 4.90 Å². The number of carbonyl (C=O) groups is 1. The molecule has 104 valence electrons. The van der Waals surface area contributed by atoms with E-state index in [4.69, 9.17) is 0 Å². The predicted octanol–water partition coefficient (Wildman–Crippen LogP) is 2.54. The molecule has 0 heterocycles. The maximum atomic E-state index is 11.8. The average Bonchev–Trinajstić information content (AvgIpc) is 2.45. The highest BCUT2D eigenvalue weighted by molar-refractivity contribution is 7.90. The number of ether oxygens (including phenoxy) is 1. The molecule has 0 aliphatic carbocycles. The van der Waals surface area contributed by atoms with Crippen LogP contribution in [0.1, 0.15) is 10.4 Å². The van der Waals surface area contributed by atoms with Gasteiger partial charge in [0.25, 0.3) is 0 Å². The average molecular weight is 290 g/mol. The number of rotatable bonds is 3. The monoisotopic (exact) mass is 290 g/mol. The molecule has 2 rings (SSSR count). The predicted molar refractivity (Wildman–Crippen MR) is 76.3 cm³/mol. The summed E-state index contributed by atoms with van der Waals surface area (Å²) in [7, 11) is -2.03. The number of sulfone groups is 1. The number of hydrogen-bond donors (Lipinski definition) is 0. The van der Waals surface area contributed by atoms with Crippen LogP contribution in [0.3, 0.4) is 0 Å². The molecule has 5 heteroatoms. The lowest BCUT2D eigenvalue weighted by atomic mass is 10.0. The van der Waals surface area contributed by atoms with E-state index in [1.807, 2.05) is 0 Å². The van der Waals surface area contributed by atoms with E-state index >= 15 is 0 Å². The van der Waals surface area contributed by atoms with Gasteiger partial charge in [0.05, 0.1) is 17.6 Å². The Balaban J connectivity index is 2.61. The number of esters is 1. The van der Waals surface area contributed by atoms with Crippen LogP contribution in [0, 0.1) is 0 Å². The normalized spacial score (nSPS) is 11.1. The van der Waals surface area contributed by atoms with E-state index in [9.17, 15) is 13.2 Å². The zero-order valence-electron chi connectivity index (χ0n) is 11.2. The maximum absolute atomic E-state index is 11.8. The fourth-order valence-corrected chi connectivity index (χ4v) is 2.87. The molecule has 0 spiro atoms. The lowest BCUT2D eigenvalue weighted by Gasteiger charge is -2.09. The van der Waals surface area contributed by atoms with Gasteiger partial charge in [0.15, 0.2) is 9.84 Å². The van der Waals surface area contributed by atoms with E-state index in [1.165, 1.54) is 7.11 Å². The molecule has 2 aromatic carbocycles. The molecule has 0 unspecified atom stereocenters. The molecular formula is C15H14O4S. The van der Waals surface area contributed by atoms with E-state index in [0.29, 0.717) is 16.7 Å². The Morgan fingerprint density at radius 1 is 1.05 bits per heavy atom. The van der Waals surface area contributed by atoms with Crippen molar-refractivity contribution in [1.29, 1.82) is 0 Å². The summed E-state index contributed by atoms with van der Waals surface area (Å²) < 4.78 is 28.3. The van der Waals surface area contributed by atoms with Crippen LogP contribution in [-0.2, 0) is 14.6 Å². The Bertz CT molecular complexity index is 748. The van der Waals surface area contributed by atoms with Crippen molar-refractivity contribution in [1.82, 2.24) is 0 Å². The molecule has 2 aromatic rings. The lowest BCUT2D eigenvalue weighted by Crippen LogP contribution is -2.02. The molecule has 0 radical (unpaired) electrons. The SMILES string of the molecule is COC(=O)c1cccc(-c2ccccc2S(C)(=O)=O)c1. The summed E-state index contributed by atoms with van der Waals surface area (Å²) in [4.78, 5) is 11.8. The largest absolute Gasteiger partial charge is 0.465 e. The molecule has 0 N–H and O–H groups in total. The van der Waals surface area contributed by atoms with Crippen molar-refractivity contribution in [3.8, 4) is 11.1 Å². The smallest absolute Gasteiger partial charge is 0.337 e. The van der Waals surface area contributed by atoms with Gasteiger partial charge in [-0.25, -0.2) is 13.2 Å². The summed E-state index contributed by atoms with van der Waals surface area (Å²) >= 11 is 0. The fourth-order valence-electron chi connectivity index (χ4n) is 1.96. The van der Waals surface area contributed by atoms with Crippen LogP contribution in [-0.4, -0.2) is 27.8 Å². The van der Waals surface area contributed by atoms with Gasteiger partial charge in [-0.15, -0.1) is 0 Å². The van der Waals surface area contributed by atoms with Gasteiger partial charge in [-0.1, -0.05) is 30.3 Å². The highest BCUT2D eigenvalue weighted by atomic mass is 32.2. The second-order valence-electron chi connectivity index (χ2n) is 4.34. The Kier molecular flexibility index (Phi) is 3.90. The molecule has 0 aliphatic rings. The van der Waals surface area contributed by atoms with E-state index < -0.39 is 15.8 Å². The standard InChI is InChI=1S/C15H14O4S/c1-19-15(16)12-7-5-6-11(10-12)13-8-3-4-9-14(13)20(2,17)18/h3-10H,1-2H3. The molecule has 20 heavy (non-hydrogen) atoms. The van der Waals surface area contributed by atoms with Crippen molar-refractivity contribution < 1.29 is 17.9 Å². The van der Waals surface area contributed by atoms with Gasteiger partial charge in [0, 0.05) is 11.8 Å². The van der Waals surface area contributed by atoms with E-state index in [1.54, 1.807) is 48.5 Å². The Morgan fingerprint density at radius 2 is 1.75 bits per heavy atom. The first-order valence-electron chi connectivity index (χ1n) is 5.91. The number of benzene rings is 2. The summed E-state index contributed by atoms with van der Waals surface area (Å²) in [6.07, 6.45) is 1.16. The molecule has 0 saturated carbocycles. The van der Waals surface area contributed by atoms with Crippen molar-refractivity contribution in [3.63, 3.8) is 0 Å². The number of methoxy groups -OCH3 is 1. The topological polar surface area (TPSA) is 60.4 Å². The van der Waals surface area contributed by atoms with E-state index in [-0.39, 0.29) is 4.90 Å². The van der Waals surface area contributed by atoms with Crippen molar-refractivity contribution in [2.75, 3.05) is 13.4 Å². The number of hydrogen-bond acceptors (Lipinski definition) is 4. The second-order valence-corrected chi connectivity index (χ2v) is 6.32. The van der Waals surface area contributed by atoms with Gasteiger partial charge in [-0.2, -0.15) is 0 Å². The van der Waals surface area contributed by atoms with Crippen molar-refractivity contribution in [2.24, 2.45) is 0 Å². The zero-order valence-corrected chi connectivity index (χ0v) is 12.0. The minimum Gasteiger partial charge on any atom is -0.465 e. The Morgan fingerprint density at radius 3 is 2.40 bits per heavy atom. The van der Waals surface area contributed by atoms with Crippen molar-refractivity contribution >= 4 is 15.8 Å². The lowest BCUT2D eigenvalue weighted by molar-refractivity contribution is 0.0601. The van der Waals surface area contributed by atoms with Gasteiger partial charge in [0.1, 0.15) is 0 Å². The van der Waals surface area contributed by atoms with Gasteiger partial charge in [0.2, 0.25) is 0 Å². The zero-order chi connectivity index (χ0) is 14.8. The summed E-state index contributed by atoms with van der Waals surface area (Å²) in [6, 6.07) is 13.4. The van der Waals surface area contributed by atoms with Gasteiger partial charge in [-0.05, 0) is 23.8 Å². The summed E-state index contributed by atoms with van der Waals surface area (Å²) in [5.41, 5.74) is 1.61. The third-order valence-corrected chi connectivity index (χ3v) is 4.04. The Labute approximate surface area is 117 Å². The first kappa shape index (κ1) is 14.3. The maximum Gasteiger partial charge on any atom is 0.337 e. The Hall–Kier alpha value is -2.14. The van der Waals surface area contributed by atoms with Crippen LogP contribution in [0.15, 0.2) is 53.4 Å². The second kappa shape index (κ2) is 5.46. The minimum absolute atomic E-state index is 0.238. The first-order valence-corrected chi connectivity index (χ1v) is 7.80. The third kappa shape index (κ3) is 2.88. The molecule has 0 aliphatic heterocycles. The molecule has 0 atom stereocenters. The van der Waals surface area contributed by atoms with Crippen LogP contribution in [0.5, 0.6) is 0 Å². The van der Waals surface area contributed by atoms with Crippen LogP contribution in [0.25, 0.3) is 11.1 Å². The number of carbonyl (C=O) groups excluding carboxylic acids is 1. The highest BCUT2D eigenvalue weighted by Crippen LogP contribution is 2.27. The molecule has 0 saturated heterocycles. The van der Waals surface area contributed by atoms with Gasteiger partial charge >= 0.3 is 5.97 Å². The van der Waals surface area contributed by atoms with Crippen LogP contribution in [0.4, 0.5) is 0 Å². The molecule has 0 aromatic heterocycles. The summed E-state index contributed by atoms with van der Waals surface area (Å²) in [5, 5.41) is 0. The van der Waals surface area contributed by atoms with E-state index in [0.717, 1.165) is 6.26 Å².